The molecule has 6 heteroatoms. The summed E-state index contributed by atoms with van der Waals surface area (Å²) < 4.78 is 0. The van der Waals surface area contributed by atoms with E-state index in [2.05, 4.69) is 15.2 Å². The highest BCUT2D eigenvalue weighted by Crippen LogP contribution is 2.02. The van der Waals surface area contributed by atoms with E-state index in [9.17, 15) is 0 Å². The zero-order chi connectivity index (χ0) is 8.55. The number of fused-ring (bicyclic) bond motifs is 1. The summed E-state index contributed by atoms with van der Waals surface area (Å²) in [5.41, 5.74) is 0.967. The van der Waals surface area contributed by atoms with Crippen LogP contribution in [0.4, 0.5) is 0 Å². The molecule has 2 rings (SSSR count). The lowest BCUT2D eigenvalue weighted by Crippen LogP contribution is -2.30. The smallest absolute Gasteiger partial charge is 0.423 e. The Morgan fingerprint density at radius 2 is 2.25 bits per heavy atom. The lowest BCUT2D eigenvalue weighted by molar-refractivity contribution is 0.426. The quantitative estimate of drug-likeness (QED) is 0.453. The molecule has 2 heterocycles. The standard InChI is InChI=1S/C6H6BN3O2/c11-7(12)5-1-2-8-6-4(5)3-9-10-6/h1-3,11-12H,(H,8,9,10). The Morgan fingerprint density at radius 1 is 1.42 bits per heavy atom. The topological polar surface area (TPSA) is 82.0 Å². The maximum absolute atomic E-state index is 8.93. The normalized spacial score (nSPS) is 10.5. The summed E-state index contributed by atoms with van der Waals surface area (Å²) in [6.45, 7) is 0. The van der Waals surface area contributed by atoms with Crippen LogP contribution in [0, 0.1) is 0 Å². The molecule has 0 aliphatic rings. The first kappa shape index (κ1) is 7.26. The number of aromatic amines is 1. The minimum atomic E-state index is -1.48. The maximum atomic E-state index is 8.93. The van der Waals surface area contributed by atoms with Crippen molar-refractivity contribution in [3.63, 3.8) is 0 Å². The van der Waals surface area contributed by atoms with Gasteiger partial charge in [0.1, 0.15) is 0 Å². The van der Waals surface area contributed by atoms with Gasteiger partial charge >= 0.3 is 7.12 Å². The Hall–Kier alpha value is -1.40. The molecule has 0 unspecified atom stereocenters. The van der Waals surface area contributed by atoms with Crippen molar-refractivity contribution in [2.75, 3.05) is 0 Å². The van der Waals surface area contributed by atoms with Crippen molar-refractivity contribution >= 4 is 23.6 Å². The van der Waals surface area contributed by atoms with Crippen LogP contribution in [0.1, 0.15) is 0 Å². The molecule has 12 heavy (non-hydrogen) atoms. The van der Waals surface area contributed by atoms with Crippen molar-refractivity contribution in [1.82, 2.24) is 15.2 Å². The second-order valence-corrected chi connectivity index (χ2v) is 2.41. The van der Waals surface area contributed by atoms with E-state index >= 15 is 0 Å². The van der Waals surface area contributed by atoms with Crippen molar-refractivity contribution in [2.24, 2.45) is 0 Å². The molecule has 0 aliphatic carbocycles. The first-order chi connectivity index (χ1) is 5.79. The summed E-state index contributed by atoms with van der Waals surface area (Å²) >= 11 is 0. The largest absolute Gasteiger partial charge is 0.489 e. The fraction of sp³-hybridized carbons (Fsp3) is 0. The van der Waals surface area contributed by atoms with Gasteiger partial charge in [-0.05, 0) is 11.5 Å². The molecule has 0 bridgehead atoms. The van der Waals surface area contributed by atoms with Crippen LogP contribution in [-0.4, -0.2) is 32.3 Å². The molecular weight excluding hydrogens is 157 g/mol. The second-order valence-electron chi connectivity index (χ2n) is 2.41. The third kappa shape index (κ3) is 0.974. The van der Waals surface area contributed by atoms with E-state index in [-0.39, 0.29) is 0 Å². The predicted octanol–water partition coefficient (Wildman–Crippen LogP) is -1.36. The number of nitrogens with one attached hydrogen (secondary N) is 1. The van der Waals surface area contributed by atoms with Crippen molar-refractivity contribution in [2.45, 2.75) is 0 Å². The molecule has 5 nitrogen and oxygen atoms in total. The minimum absolute atomic E-state index is 0.411. The summed E-state index contributed by atoms with van der Waals surface area (Å²) in [5.74, 6) is 0. The van der Waals surface area contributed by atoms with Gasteiger partial charge in [0.05, 0.1) is 6.20 Å². The predicted molar refractivity (Wildman–Crippen MR) is 43.7 cm³/mol. The van der Waals surface area contributed by atoms with E-state index in [1.165, 1.54) is 12.4 Å². The fourth-order valence-electron chi connectivity index (χ4n) is 1.10. The highest BCUT2D eigenvalue weighted by molar-refractivity contribution is 6.61. The van der Waals surface area contributed by atoms with Gasteiger partial charge in [0.25, 0.3) is 0 Å². The summed E-state index contributed by atoms with van der Waals surface area (Å²) in [6, 6.07) is 1.54. The van der Waals surface area contributed by atoms with E-state index < -0.39 is 7.12 Å². The Labute approximate surface area is 68.2 Å². The monoisotopic (exact) mass is 163 g/mol. The first-order valence-electron chi connectivity index (χ1n) is 3.43. The van der Waals surface area contributed by atoms with Crippen LogP contribution in [0.2, 0.25) is 0 Å². The highest BCUT2D eigenvalue weighted by atomic mass is 16.4. The van der Waals surface area contributed by atoms with Gasteiger partial charge in [0.2, 0.25) is 0 Å². The SMILES string of the molecule is OB(O)c1ccnc2[nH]ncc12. The molecule has 0 atom stereocenters. The molecule has 0 radical (unpaired) electrons. The van der Waals surface area contributed by atoms with E-state index in [1.807, 2.05) is 0 Å². The van der Waals surface area contributed by atoms with Crippen LogP contribution in [-0.2, 0) is 0 Å². The minimum Gasteiger partial charge on any atom is -0.423 e. The van der Waals surface area contributed by atoms with Crippen molar-refractivity contribution in [1.29, 1.82) is 0 Å². The average Bonchev–Trinajstić information content (AvgIpc) is 2.49. The molecule has 2 aromatic rings. The second kappa shape index (κ2) is 2.58. The Bertz CT molecular complexity index is 400. The molecule has 0 saturated heterocycles. The summed E-state index contributed by atoms with van der Waals surface area (Å²) in [7, 11) is -1.48. The Morgan fingerprint density at radius 3 is 3.00 bits per heavy atom. The van der Waals surface area contributed by atoms with Gasteiger partial charge in [-0.15, -0.1) is 0 Å². The van der Waals surface area contributed by atoms with Crippen LogP contribution in [0.3, 0.4) is 0 Å². The third-order valence-electron chi connectivity index (χ3n) is 1.67. The molecule has 60 valence electrons. The number of hydrogen-bond donors (Lipinski definition) is 3. The van der Waals surface area contributed by atoms with Crippen LogP contribution in [0.15, 0.2) is 18.5 Å². The Balaban J connectivity index is 2.73. The van der Waals surface area contributed by atoms with E-state index in [0.717, 1.165) is 0 Å². The number of pyridine rings is 1. The van der Waals surface area contributed by atoms with Crippen LogP contribution in [0.5, 0.6) is 0 Å². The number of hydrogen-bond acceptors (Lipinski definition) is 4. The molecule has 3 N–H and O–H groups in total. The van der Waals surface area contributed by atoms with E-state index in [1.54, 1.807) is 6.07 Å². The van der Waals surface area contributed by atoms with Gasteiger partial charge in [-0.2, -0.15) is 5.10 Å². The molecule has 0 fully saturated rings. The molecule has 2 aromatic heterocycles. The highest BCUT2D eigenvalue weighted by Gasteiger charge is 2.15. The lowest BCUT2D eigenvalue weighted by Gasteiger charge is -1.98. The van der Waals surface area contributed by atoms with Gasteiger partial charge in [-0.1, -0.05) is 0 Å². The molecule has 0 aliphatic heterocycles. The van der Waals surface area contributed by atoms with Crippen LogP contribution < -0.4 is 5.46 Å². The van der Waals surface area contributed by atoms with Crippen molar-refractivity contribution in [3.05, 3.63) is 18.5 Å². The van der Waals surface area contributed by atoms with Crippen LogP contribution >= 0.6 is 0 Å². The lowest BCUT2D eigenvalue weighted by atomic mass is 9.79. The molecule has 0 saturated carbocycles. The maximum Gasteiger partial charge on any atom is 0.489 e. The average molecular weight is 163 g/mol. The van der Waals surface area contributed by atoms with E-state index in [4.69, 9.17) is 10.0 Å². The Kier molecular flexibility index (Phi) is 1.56. The third-order valence-corrected chi connectivity index (χ3v) is 1.67. The van der Waals surface area contributed by atoms with Crippen molar-refractivity contribution < 1.29 is 10.0 Å². The number of H-pyrrole nitrogens is 1. The van der Waals surface area contributed by atoms with Gasteiger partial charge in [0, 0.05) is 11.6 Å². The fourth-order valence-corrected chi connectivity index (χ4v) is 1.10. The van der Waals surface area contributed by atoms with Crippen molar-refractivity contribution in [3.8, 4) is 0 Å². The van der Waals surface area contributed by atoms with Crippen LogP contribution in [0.25, 0.3) is 11.0 Å². The summed E-state index contributed by atoms with van der Waals surface area (Å²) in [4.78, 5) is 3.94. The molecule has 0 amide bonds. The number of aromatic nitrogens is 3. The zero-order valence-electron chi connectivity index (χ0n) is 6.10. The van der Waals surface area contributed by atoms with Gasteiger partial charge in [-0.3, -0.25) is 5.10 Å². The molecule has 0 aromatic carbocycles. The summed E-state index contributed by atoms with van der Waals surface area (Å²) in [5, 5.41) is 24.9. The summed E-state index contributed by atoms with van der Waals surface area (Å²) in [6.07, 6.45) is 3.01. The first-order valence-corrected chi connectivity index (χ1v) is 3.43. The molecular formula is C6H6BN3O2. The van der Waals surface area contributed by atoms with Gasteiger partial charge < -0.3 is 10.0 Å². The molecule has 0 spiro atoms. The van der Waals surface area contributed by atoms with Gasteiger partial charge in [0.15, 0.2) is 5.65 Å². The number of nitrogens with zero attached hydrogens (tertiary/aromatic N) is 2. The zero-order valence-corrected chi connectivity index (χ0v) is 6.10. The van der Waals surface area contributed by atoms with Gasteiger partial charge in [-0.25, -0.2) is 4.98 Å². The number of rotatable bonds is 1. The van der Waals surface area contributed by atoms with E-state index in [0.29, 0.717) is 16.5 Å².